The van der Waals surface area contributed by atoms with Gasteiger partial charge in [0.05, 0.1) is 32.8 Å². The Bertz CT molecular complexity index is 2150. The number of nitriles is 1. The number of nitrogens with one attached hydrogen (secondary N) is 1. The summed E-state index contributed by atoms with van der Waals surface area (Å²) in [5.41, 5.74) is 5.08. The Morgan fingerprint density at radius 2 is 2.06 bits per heavy atom. The van der Waals surface area contributed by atoms with E-state index >= 15 is 8.78 Å². The number of alkyl halides is 3. The Balaban J connectivity index is 1.34. The molecule has 3 saturated heterocycles. The van der Waals surface area contributed by atoms with Crippen LogP contribution in [-0.4, -0.2) is 83.8 Å². The first kappa shape index (κ1) is 34.9. The Hall–Kier alpha value is -4.20. The second-order valence-corrected chi connectivity index (χ2v) is 15.3. The first-order valence-electron chi connectivity index (χ1n) is 17.1. The van der Waals surface area contributed by atoms with Crippen LogP contribution < -0.4 is 25.4 Å². The number of hydrogen-bond donors (Lipinski definition) is 2. The summed E-state index contributed by atoms with van der Waals surface area (Å²) in [5, 5.41) is 12.7. The van der Waals surface area contributed by atoms with Crippen molar-refractivity contribution in [3.05, 3.63) is 34.4 Å². The summed E-state index contributed by atoms with van der Waals surface area (Å²) in [6, 6.07) is 2.88. The van der Waals surface area contributed by atoms with Crippen LogP contribution >= 0.6 is 22.9 Å². The maximum atomic E-state index is 17.4. The van der Waals surface area contributed by atoms with Crippen molar-refractivity contribution in [3.8, 4) is 29.0 Å². The SMILES string of the molecule is N#Cc1c(N)sc2c(F)ccc(-c3c(Cl)c4c5c(nc(OC[C@@]67CCCN6C[C@H](F)C7)nc5c3F)N3CCC(CC(F)F)NC(=O)CC3CCO4)c12. The Kier molecular flexibility index (Phi) is 8.94. The van der Waals surface area contributed by atoms with Gasteiger partial charge in [-0.25, -0.2) is 22.0 Å². The molecule has 10 nitrogen and oxygen atoms in total. The monoisotopic (exact) mass is 761 g/mol. The quantitative estimate of drug-likeness (QED) is 0.205. The number of hydrogen-bond acceptors (Lipinski definition) is 10. The van der Waals surface area contributed by atoms with E-state index in [-0.39, 0.29) is 117 Å². The van der Waals surface area contributed by atoms with Crippen molar-refractivity contribution in [1.82, 2.24) is 20.2 Å². The lowest BCUT2D eigenvalue weighted by molar-refractivity contribution is -0.122. The smallest absolute Gasteiger partial charge is 0.319 e. The number of ether oxygens (including phenoxy) is 2. The van der Waals surface area contributed by atoms with E-state index in [1.807, 2.05) is 6.07 Å². The summed E-state index contributed by atoms with van der Waals surface area (Å²) >= 11 is 7.89. The van der Waals surface area contributed by atoms with Crippen LogP contribution in [0.2, 0.25) is 5.02 Å². The molecule has 52 heavy (non-hydrogen) atoms. The fourth-order valence-electron chi connectivity index (χ4n) is 8.42. The molecule has 3 N–H and O–H groups in total. The van der Waals surface area contributed by atoms with Gasteiger partial charge in [-0.15, -0.1) is 11.3 Å². The van der Waals surface area contributed by atoms with Crippen LogP contribution in [0, 0.1) is 23.0 Å². The van der Waals surface area contributed by atoms with Crippen LogP contribution in [0.5, 0.6) is 11.8 Å². The summed E-state index contributed by atoms with van der Waals surface area (Å²) < 4.78 is 86.5. The maximum absolute atomic E-state index is 17.4. The van der Waals surface area contributed by atoms with Crippen molar-refractivity contribution in [1.29, 1.82) is 5.26 Å². The molecule has 274 valence electrons. The van der Waals surface area contributed by atoms with Gasteiger partial charge in [0.15, 0.2) is 11.6 Å². The maximum Gasteiger partial charge on any atom is 0.319 e. The fraction of sp³-hybridized carbons (Fsp3) is 0.486. The number of nitrogens with two attached hydrogens (primary N) is 1. The van der Waals surface area contributed by atoms with E-state index in [1.54, 1.807) is 4.90 Å². The summed E-state index contributed by atoms with van der Waals surface area (Å²) in [4.78, 5) is 26.2. The Morgan fingerprint density at radius 3 is 2.85 bits per heavy atom. The molecule has 4 aliphatic rings. The molecule has 2 aromatic carbocycles. The number of nitrogens with zero attached hydrogens (tertiary/aromatic N) is 5. The number of fused-ring (bicyclic) bond motifs is 4. The zero-order chi connectivity index (χ0) is 36.5. The van der Waals surface area contributed by atoms with Gasteiger partial charge in [0.1, 0.15) is 41.0 Å². The molecule has 8 rings (SSSR count). The summed E-state index contributed by atoms with van der Waals surface area (Å²) in [7, 11) is 0. The number of thiophene rings is 1. The number of halogens is 6. The summed E-state index contributed by atoms with van der Waals surface area (Å²) in [6.07, 6.45) is -2.05. The number of benzene rings is 2. The second-order valence-electron chi connectivity index (χ2n) is 13.9. The number of amides is 1. The van der Waals surface area contributed by atoms with E-state index in [1.165, 1.54) is 6.07 Å². The lowest BCUT2D eigenvalue weighted by atomic mass is 9.95. The van der Waals surface area contributed by atoms with Gasteiger partial charge in [-0.1, -0.05) is 17.7 Å². The average Bonchev–Trinajstić information content (AvgIpc) is 3.73. The minimum absolute atomic E-state index is 0.0134. The molecular formula is C35H33ClF5N7O3S. The number of anilines is 2. The van der Waals surface area contributed by atoms with Gasteiger partial charge >= 0.3 is 6.01 Å². The molecular weight excluding hydrogens is 729 g/mol. The molecule has 0 spiro atoms. The largest absolute Gasteiger partial charge is 0.491 e. The lowest BCUT2D eigenvalue weighted by Gasteiger charge is -2.38. The number of carbonyl (C=O) groups is 1. The van der Waals surface area contributed by atoms with Crippen molar-refractivity contribution in [2.45, 2.75) is 75.2 Å². The minimum atomic E-state index is -2.65. The van der Waals surface area contributed by atoms with Crippen molar-refractivity contribution < 1.29 is 36.2 Å². The van der Waals surface area contributed by atoms with E-state index in [0.29, 0.717) is 13.0 Å². The third-order valence-electron chi connectivity index (χ3n) is 10.8. The fourth-order valence-corrected chi connectivity index (χ4v) is 9.70. The zero-order valence-electron chi connectivity index (χ0n) is 27.7. The van der Waals surface area contributed by atoms with E-state index in [4.69, 9.17) is 31.8 Å². The van der Waals surface area contributed by atoms with E-state index in [2.05, 4.69) is 15.2 Å². The molecule has 4 aromatic rings. The minimum Gasteiger partial charge on any atom is -0.491 e. The Labute approximate surface area is 303 Å². The van der Waals surface area contributed by atoms with Gasteiger partial charge in [0.25, 0.3) is 0 Å². The highest BCUT2D eigenvalue weighted by atomic mass is 35.5. The second kappa shape index (κ2) is 13.3. The van der Waals surface area contributed by atoms with Crippen LogP contribution in [0.3, 0.4) is 0 Å². The highest BCUT2D eigenvalue weighted by Gasteiger charge is 2.49. The first-order chi connectivity index (χ1) is 25.0. The predicted octanol–water partition coefficient (Wildman–Crippen LogP) is 6.74. The standard InChI is InChI=1S/C35H33ClF5N7O3S/c36-27-25(19-2-3-21(38)31-24(19)20(13-42)32(43)52-31)28(41)29-26-30(27)50-9-5-18-11-23(49)44-17(10-22(39)40)4-8-48(18)33(26)46-34(45-29)51-15-35-6-1-7-47(35)14-16(37)12-35/h2-3,16-18,22H,1,4-12,14-15,43H2,(H,44,49)/t16-,17?,18?,35+/m1/s1. The van der Waals surface area contributed by atoms with Gasteiger partial charge in [0.2, 0.25) is 12.3 Å². The van der Waals surface area contributed by atoms with Crippen molar-refractivity contribution in [2.24, 2.45) is 0 Å². The number of nitrogen functional groups attached to an aromatic ring is 1. The van der Waals surface area contributed by atoms with Crippen molar-refractivity contribution in [2.75, 3.05) is 43.5 Å². The van der Waals surface area contributed by atoms with Crippen LogP contribution in [0.15, 0.2) is 12.1 Å². The molecule has 0 saturated carbocycles. The molecule has 17 heteroatoms. The Morgan fingerprint density at radius 1 is 1.23 bits per heavy atom. The lowest BCUT2D eigenvalue weighted by Crippen LogP contribution is -2.49. The summed E-state index contributed by atoms with van der Waals surface area (Å²) in [5.74, 6) is -1.87. The molecule has 0 bridgehead atoms. The van der Waals surface area contributed by atoms with Crippen LogP contribution in [-0.2, 0) is 4.79 Å². The van der Waals surface area contributed by atoms with Crippen LogP contribution in [0.25, 0.3) is 32.1 Å². The highest BCUT2D eigenvalue weighted by molar-refractivity contribution is 7.23. The number of rotatable bonds is 6. The van der Waals surface area contributed by atoms with E-state index < -0.39 is 54.2 Å². The van der Waals surface area contributed by atoms with Gasteiger partial charge in [-0.2, -0.15) is 15.2 Å². The normalized spacial score (nSPS) is 24.8. The molecule has 4 aliphatic heterocycles. The van der Waals surface area contributed by atoms with Gasteiger partial charge in [0, 0.05) is 61.8 Å². The molecule has 0 aliphatic carbocycles. The molecule has 6 heterocycles. The third kappa shape index (κ3) is 5.81. The summed E-state index contributed by atoms with van der Waals surface area (Å²) in [6.45, 7) is 1.22. The highest BCUT2D eigenvalue weighted by Crippen LogP contribution is 2.51. The van der Waals surface area contributed by atoms with E-state index in [9.17, 15) is 23.2 Å². The van der Waals surface area contributed by atoms with Gasteiger partial charge < -0.3 is 25.4 Å². The molecule has 4 atom stereocenters. The topological polar surface area (TPSA) is 130 Å². The van der Waals surface area contributed by atoms with Gasteiger partial charge in [-0.3, -0.25) is 9.69 Å². The van der Waals surface area contributed by atoms with E-state index in [0.717, 1.165) is 23.8 Å². The number of aromatic nitrogens is 2. The van der Waals surface area contributed by atoms with Crippen LogP contribution in [0.1, 0.15) is 50.5 Å². The first-order valence-corrected chi connectivity index (χ1v) is 18.3. The van der Waals surface area contributed by atoms with Gasteiger partial charge in [-0.05, 0) is 37.4 Å². The average molecular weight is 762 g/mol. The van der Waals surface area contributed by atoms with Crippen LogP contribution in [0.4, 0.5) is 32.8 Å². The molecule has 2 unspecified atom stereocenters. The zero-order valence-corrected chi connectivity index (χ0v) is 29.2. The molecule has 1 amide bonds. The third-order valence-corrected chi connectivity index (χ3v) is 12.1. The number of carbonyl (C=O) groups excluding carboxylic acids is 1. The predicted molar refractivity (Wildman–Crippen MR) is 186 cm³/mol. The van der Waals surface area contributed by atoms with Crippen molar-refractivity contribution >= 4 is 60.7 Å². The van der Waals surface area contributed by atoms with Crippen molar-refractivity contribution in [3.63, 3.8) is 0 Å². The molecule has 3 fully saturated rings. The molecule has 0 radical (unpaired) electrons. The molecule has 2 aromatic heterocycles.